The third kappa shape index (κ3) is 2.19. The van der Waals surface area contributed by atoms with Gasteiger partial charge in [0.15, 0.2) is 5.65 Å². The Bertz CT molecular complexity index is 1030. The van der Waals surface area contributed by atoms with Gasteiger partial charge < -0.3 is 9.55 Å². The molecule has 4 aromatic heterocycles. The number of aromatic nitrogens is 5. The van der Waals surface area contributed by atoms with Crippen LogP contribution in [0.1, 0.15) is 25.7 Å². The first kappa shape index (κ1) is 14.2. The minimum atomic E-state index is 0.334. The lowest BCUT2D eigenvalue weighted by atomic mass is 10.1. The van der Waals surface area contributed by atoms with Crippen LogP contribution in [0.4, 0.5) is 0 Å². The normalized spacial score (nSPS) is 11.9. The van der Waals surface area contributed by atoms with E-state index < -0.39 is 0 Å². The molecule has 4 aromatic rings. The van der Waals surface area contributed by atoms with Crippen molar-refractivity contribution in [1.82, 2.24) is 24.5 Å². The molecular formula is C17H16ClN5. The van der Waals surface area contributed by atoms with Gasteiger partial charge in [0.2, 0.25) is 0 Å². The van der Waals surface area contributed by atoms with Gasteiger partial charge in [-0.3, -0.25) is 0 Å². The van der Waals surface area contributed by atoms with Gasteiger partial charge in [0.05, 0.1) is 5.52 Å². The smallest absolute Gasteiger partial charge is 0.177 e. The van der Waals surface area contributed by atoms with E-state index in [0.29, 0.717) is 11.2 Å². The van der Waals surface area contributed by atoms with E-state index in [4.69, 9.17) is 11.6 Å². The van der Waals surface area contributed by atoms with Crippen molar-refractivity contribution in [3.05, 3.63) is 41.6 Å². The van der Waals surface area contributed by atoms with Crippen LogP contribution in [0, 0.1) is 6.92 Å². The number of hydrogen-bond acceptors (Lipinski definition) is 3. The minimum Gasteiger partial charge on any atom is -0.345 e. The van der Waals surface area contributed by atoms with Crippen LogP contribution in [-0.2, 0) is 0 Å². The molecule has 0 bridgehead atoms. The number of nitrogens with one attached hydrogen (secondary N) is 1. The molecule has 0 aliphatic carbocycles. The second-order valence-corrected chi connectivity index (χ2v) is 6.31. The van der Waals surface area contributed by atoms with Crippen LogP contribution in [0.5, 0.6) is 0 Å². The zero-order valence-electron chi connectivity index (χ0n) is 13.1. The van der Waals surface area contributed by atoms with Crippen molar-refractivity contribution in [2.45, 2.75) is 26.8 Å². The summed E-state index contributed by atoms with van der Waals surface area (Å²) in [4.78, 5) is 16.6. The summed E-state index contributed by atoms with van der Waals surface area (Å²) in [5.41, 5.74) is 4.70. The summed E-state index contributed by atoms with van der Waals surface area (Å²) < 4.78 is 2.20. The SMILES string of the molecule is Cc1nc2ncc(-c3c[nH]c4nc(Cl)ccc34)cc2n1C(C)C. The average Bonchev–Trinajstić information content (AvgIpc) is 3.05. The maximum absolute atomic E-state index is 5.96. The van der Waals surface area contributed by atoms with E-state index >= 15 is 0 Å². The lowest BCUT2D eigenvalue weighted by Gasteiger charge is -2.10. The highest BCUT2D eigenvalue weighted by atomic mass is 35.5. The van der Waals surface area contributed by atoms with Crippen LogP contribution in [0.25, 0.3) is 33.3 Å². The highest BCUT2D eigenvalue weighted by molar-refractivity contribution is 6.29. The fraction of sp³-hybridized carbons (Fsp3) is 0.235. The van der Waals surface area contributed by atoms with E-state index in [1.165, 1.54) is 0 Å². The third-order valence-electron chi connectivity index (χ3n) is 4.06. The summed E-state index contributed by atoms with van der Waals surface area (Å²) in [6, 6.07) is 6.25. The number of fused-ring (bicyclic) bond motifs is 2. The van der Waals surface area contributed by atoms with Gasteiger partial charge in [-0.1, -0.05) is 11.6 Å². The molecule has 0 aromatic carbocycles. The Labute approximate surface area is 138 Å². The highest BCUT2D eigenvalue weighted by Gasteiger charge is 2.14. The molecule has 0 saturated heterocycles. The topological polar surface area (TPSA) is 59.4 Å². The Kier molecular flexibility index (Phi) is 3.13. The Morgan fingerprint density at radius 2 is 2.04 bits per heavy atom. The number of imidazole rings is 1. The summed E-state index contributed by atoms with van der Waals surface area (Å²) in [5.74, 6) is 0.979. The molecule has 23 heavy (non-hydrogen) atoms. The number of aryl methyl sites for hydroxylation is 1. The molecule has 1 N–H and O–H groups in total. The van der Waals surface area contributed by atoms with Gasteiger partial charge in [-0.15, -0.1) is 0 Å². The Balaban J connectivity index is 1.96. The minimum absolute atomic E-state index is 0.334. The molecule has 0 unspecified atom stereocenters. The molecule has 0 spiro atoms. The quantitative estimate of drug-likeness (QED) is 0.551. The van der Waals surface area contributed by atoms with Crippen LogP contribution < -0.4 is 0 Å². The summed E-state index contributed by atoms with van der Waals surface area (Å²) in [5, 5.41) is 1.51. The van der Waals surface area contributed by atoms with Crippen molar-refractivity contribution >= 4 is 33.8 Å². The fourth-order valence-corrected chi connectivity index (χ4v) is 3.26. The zero-order valence-corrected chi connectivity index (χ0v) is 13.9. The monoisotopic (exact) mass is 325 g/mol. The predicted molar refractivity (Wildman–Crippen MR) is 92.7 cm³/mol. The van der Waals surface area contributed by atoms with E-state index in [1.807, 2.05) is 25.4 Å². The van der Waals surface area contributed by atoms with Gasteiger partial charge in [0.25, 0.3) is 0 Å². The van der Waals surface area contributed by atoms with Crippen molar-refractivity contribution in [1.29, 1.82) is 0 Å². The van der Waals surface area contributed by atoms with Gasteiger partial charge in [0.1, 0.15) is 16.6 Å². The molecule has 4 rings (SSSR count). The van der Waals surface area contributed by atoms with E-state index in [2.05, 4.69) is 44.4 Å². The standard InChI is InChI=1S/C17H16ClN5/c1-9(2)23-10(3)21-17-14(23)6-11(7-19-17)13-8-20-16-12(13)4-5-15(18)22-16/h4-9H,1-3H3,(H,20,22). The van der Waals surface area contributed by atoms with Crippen molar-refractivity contribution in [3.8, 4) is 11.1 Å². The van der Waals surface area contributed by atoms with E-state index in [9.17, 15) is 0 Å². The maximum Gasteiger partial charge on any atom is 0.177 e. The largest absolute Gasteiger partial charge is 0.345 e. The molecule has 6 heteroatoms. The fourth-order valence-electron chi connectivity index (χ4n) is 3.11. The van der Waals surface area contributed by atoms with Gasteiger partial charge in [-0.25, -0.2) is 15.0 Å². The molecule has 0 aliphatic heterocycles. The summed E-state index contributed by atoms with van der Waals surface area (Å²) in [7, 11) is 0. The number of aromatic amines is 1. The number of halogens is 1. The average molecular weight is 326 g/mol. The molecule has 0 atom stereocenters. The number of pyridine rings is 2. The second kappa shape index (κ2) is 5.06. The van der Waals surface area contributed by atoms with Crippen LogP contribution in [0.3, 0.4) is 0 Å². The lowest BCUT2D eigenvalue weighted by Crippen LogP contribution is -2.02. The van der Waals surface area contributed by atoms with Crippen molar-refractivity contribution in [3.63, 3.8) is 0 Å². The Morgan fingerprint density at radius 3 is 2.83 bits per heavy atom. The molecule has 0 fully saturated rings. The Morgan fingerprint density at radius 1 is 1.22 bits per heavy atom. The number of H-pyrrole nitrogens is 1. The van der Waals surface area contributed by atoms with Gasteiger partial charge in [0, 0.05) is 34.9 Å². The van der Waals surface area contributed by atoms with Gasteiger partial charge >= 0.3 is 0 Å². The van der Waals surface area contributed by atoms with Crippen molar-refractivity contribution in [2.75, 3.05) is 0 Å². The van der Waals surface area contributed by atoms with Gasteiger partial charge in [-0.2, -0.15) is 0 Å². The van der Waals surface area contributed by atoms with Crippen molar-refractivity contribution in [2.24, 2.45) is 0 Å². The van der Waals surface area contributed by atoms with Crippen LogP contribution in [-0.4, -0.2) is 24.5 Å². The second-order valence-electron chi connectivity index (χ2n) is 5.92. The number of hydrogen-bond donors (Lipinski definition) is 1. The van der Waals surface area contributed by atoms with E-state index in [1.54, 1.807) is 6.07 Å². The molecule has 0 amide bonds. The molecular weight excluding hydrogens is 310 g/mol. The van der Waals surface area contributed by atoms with Crippen LogP contribution in [0.2, 0.25) is 5.15 Å². The molecule has 5 nitrogen and oxygen atoms in total. The summed E-state index contributed by atoms with van der Waals surface area (Å²) in [6.45, 7) is 6.32. The summed E-state index contributed by atoms with van der Waals surface area (Å²) >= 11 is 5.96. The molecule has 0 radical (unpaired) electrons. The Hall–Kier alpha value is -2.40. The lowest BCUT2D eigenvalue weighted by molar-refractivity contribution is 0.600. The number of nitrogens with zero attached hydrogens (tertiary/aromatic N) is 4. The van der Waals surface area contributed by atoms with Crippen LogP contribution in [0.15, 0.2) is 30.6 Å². The van der Waals surface area contributed by atoms with Gasteiger partial charge in [-0.05, 0) is 39.0 Å². The molecule has 0 saturated carbocycles. The highest BCUT2D eigenvalue weighted by Crippen LogP contribution is 2.30. The molecule has 4 heterocycles. The zero-order chi connectivity index (χ0) is 16.1. The van der Waals surface area contributed by atoms with E-state index in [-0.39, 0.29) is 0 Å². The first-order valence-electron chi connectivity index (χ1n) is 7.53. The molecule has 116 valence electrons. The summed E-state index contributed by atoms with van der Waals surface area (Å²) in [6.07, 6.45) is 3.80. The third-order valence-corrected chi connectivity index (χ3v) is 4.27. The number of rotatable bonds is 2. The van der Waals surface area contributed by atoms with Crippen LogP contribution >= 0.6 is 11.6 Å². The first-order chi connectivity index (χ1) is 11.0. The molecule has 0 aliphatic rings. The maximum atomic E-state index is 5.96. The first-order valence-corrected chi connectivity index (χ1v) is 7.91. The van der Waals surface area contributed by atoms with E-state index in [0.717, 1.165) is 39.1 Å². The predicted octanol–water partition coefficient (Wildman–Crippen LogP) is 4.52. The van der Waals surface area contributed by atoms with Crippen molar-refractivity contribution < 1.29 is 0 Å².